The summed E-state index contributed by atoms with van der Waals surface area (Å²) in [6.07, 6.45) is 4.04. The highest BCUT2D eigenvalue weighted by Gasteiger charge is 2.34. The summed E-state index contributed by atoms with van der Waals surface area (Å²) in [5.41, 5.74) is 2.73. The summed E-state index contributed by atoms with van der Waals surface area (Å²) in [5, 5.41) is 12.5. The minimum Gasteiger partial charge on any atom is -0.369 e. The zero-order valence-electron chi connectivity index (χ0n) is 20.6. The number of amides is 2. The van der Waals surface area contributed by atoms with Crippen molar-refractivity contribution in [2.45, 2.75) is 51.7 Å². The van der Waals surface area contributed by atoms with Crippen LogP contribution in [0.4, 0.5) is 11.5 Å². The van der Waals surface area contributed by atoms with E-state index in [1.165, 1.54) is 0 Å². The highest BCUT2D eigenvalue weighted by atomic mass is 32.2. The van der Waals surface area contributed by atoms with E-state index < -0.39 is 0 Å². The number of hydrogen-bond donors (Lipinski definition) is 2. The molecule has 1 saturated heterocycles. The first-order valence-corrected chi connectivity index (χ1v) is 13.2. The summed E-state index contributed by atoms with van der Waals surface area (Å²) in [6, 6.07) is 7.80. The zero-order valence-corrected chi connectivity index (χ0v) is 21.4. The van der Waals surface area contributed by atoms with Crippen LogP contribution >= 0.6 is 11.8 Å². The first-order chi connectivity index (χ1) is 17.0. The Balaban J connectivity index is 1.39. The van der Waals surface area contributed by atoms with E-state index in [4.69, 9.17) is 4.98 Å². The summed E-state index contributed by atoms with van der Waals surface area (Å²) in [4.78, 5) is 36.4. The van der Waals surface area contributed by atoms with E-state index >= 15 is 0 Å². The highest BCUT2D eigenvalue weighted by Crippen LogP contribution is 2.26. The van der Waals surface area contributed by atoms with E-state index in [2.05, 4.69) is 34.6 Å². The number of nitrogens with zero attached hydrogens (tertiary/aromatic N) is 5. The number of aromatic nitrogens is 4. The molecule has 2 N–H and O–H groups in total. The van der Waals surface area contributed by atoms with Gasteiger partial charge in [-0.15, -0.1) is 0 Å². The van der Waals surface area contributed by atoms with Crippen molar-refractivity contribution in [3.8, 4) is 0 Å². The smallest absolute Gasteiger partial charge is 0.227 e. The van der Waals surface area contributed by atoms with Crippen molar-refractivity contribution in [3.05, 3.63) is 36.0 Å². The topological polar surface area (TPSA) is 105 Å². The van der Waals surface area contributed by atoms with Gasteiger partial charge in [-0.05, 0) is 31.9 Å². The standard InChI is InChI=1S/C25H33N7O2S/c1-4-10-26-22-20-15-28-32(23(20)30-25(29-22)35-13-5-2)12-11-27-24(34)18-14-21(33)31(16-18)19-8-6-17(3)7-9-19/h6-9,15,18H,4-5,10-14,16H2,1-3H3,(H,27,34)(H,26,29,30). The van der Waals surface area contributed by atoms with Crippen molar-refractivity contribution < 1.29 is 9.59 Å². The first-order valence-electron chi connectivity index (χ1n) is 12.2. The summed E-state index contributed by atoms with van der Waals surface area (Å²) in [6.45, 7) is 8.37. The Labute approximate surface area is 210 Å². The number of carbonyl (C=O) groups is 2. The second kappa shape index (κ2) is 11.5. The number of fused-ring (bicyclic) bond motifs is 1. The van der Waals surface area contributed by atoms with Crippen molar-refractivity contribution in [2.24, 2.45) is 5.92 Å². The molecule has 3 aromatic rings. The Hall–Kier alpha value is -3.14. The van der Waals surface area contributed by atoms with Crippen LogP contribution < -0.4 is 15.5 Å². The van der Waals surface area contributed by atoms with Crippen molar-refractivity contribution in [1.82, 2.24) is 25.1 Å². The quantitative estimate of drug-likeness (QED) is 0.309. The number of hydrogen-bond acceptors (Lipinski definition) is 7. The zero-order chi connectivity index (χ0) is 24.8. The second-order valence-electron chi connectivity index (χ2n) is 8.77. The van der Waals surface area contributed by atoms with Crippen molar-refractivity contribution in [3.63, 3.8) is 0 Å². The van der Waals surface area contributed by atoms with Crippen molar-refractivity contribution in [2.75, 3.05) is 35.6 Å². The van der Waals surface area contributed by atoms with Gasteiger partial charge in [0.05, 0.1) is 24.0 Å². The van der Waals surface area contributed by atoms with Gasteiger partial charge in [0.25, 0.3) is 0 Å². The third kappa shape index (κ3) is 5.93. The summed E-state index contributed by atoms with van der Waals surface area (Å²) < 4.78 is 1.81. The third-order valence-electron chi connectivity index (χ3n) is 5.92. The number of carbonyl (C=O) groups excluding carboxylic acids is 2. The van der Waals surface area contributed by atoms with E-state index in [0.29, 0.717) is 19.6 Å². The van der Waals surface area contributed by atoms with Crippen LogP contribution in [-0.2, 0) is 16.1 Å². The Morgan fingerprint density at radius 2 is 1.94 bits per heavy atom. The number of thioether (sulfide) groups is 1. The van der Waals surface area contributed by atoms with Gasteiger partial charge in [-0.1, -0.05) is 43.3 Å². The van der Waals surface area contributed by atoms with Gasteiger partial charge in [0, 0.05) is 37.5 Å². The predicted molar refractivity (Wildman–Crippen MR) is 140 cm³/mol. The van der Waals surface area contributed by atoms with Gasteiger partial charge >= 0.3 is 0 Å². The fourth-order valence-electron chi connectivity index (χ4n) is 4.02. The molecule has 0 saturated carbocycles. The average Bonchev–Trinajstić information content (AvgIpc) is 3.45. The Kier molecular flexibility index (Phi) is 8.22. The lowest BCUT2D eigenvalue weighted by molar-refractivity contribution is -0.126. The molecular weight excluding hydrogens is 462 g/mol. The van der Waals surface area contributed by atoms with E-state index in [1.54, 1.807) is 22.9 Å². The number of rotatable bonds is 11. The van der Waals surface area contributed by atoms with Crippen LogP contribution in [0.5, 0.6) is 0 Å². The fraction of sp³-hybridized carbons (Fsp3) is 0.480. The molecule has 35 heavy (non-hydrogen) atoms. The average molecular weight is 496 g/mol. The maximum Gasteiger partial charge on any atom is 0.227 e. The Morgan fingerprint density at radius 1 is 1.14 bits per heavy atom. The molecule has 1 fully saturated rings. The van der Waals surface area contributed by atoms with Crippen LogP contribution in [0.2, 0.25) is 0 Å². The molecule has 0 spiro atoms. The fourth-order valence-corrected chi connectivity index (χ4v) is 4.72. The van der Waals surface area contributed by atoms with Gasteiger partial charge in [-0.3, -0.25) is 9.59 Å². The molecular formula is C25H33N7O2S. The molecule has 186 valence electrons. The molecule has 4 rings (SSSR count). The first kappa shape index (κ1) is 25.0. The van der Waals surface area contributed by atoms with E-state index in [0.717, 1.165) is 58.4 Å². The van der Waals surface area contributed by atoms with Crippen LogP contribution in [0.15, 0.2) is 35.6 Å². The lowest BCUT2D eigenvalue weighted by atomic mass is 10.1. The lowest BCUT2D eigenvalue weighted by Gasteiger charge is -2.17. The Bertz CT molecular complexity index is 1180. The molecule has 3 heterocycles. The SMILES string of the molecule is CCCNc1nc(SCCC)nc2c1cnn2CCNC(=O)C1CC(=O)N(c2ccc(C)cc2)C1. The van der Waals surface area contributed by atoms with E-state index in [1.807, 2.05) is 35.9 Å². The van der Waals surface area contributed by atoms with Gasteiger partial charge in [0.1, 0.15) is 5.82 Å². The molecule has 1 aliphatic heterocycles. The molecule has 2 amide bonds. The van der Waals surface area contributed by atoms with Gasteiger partial charge in [-0.2, -0.15) is 5.10 Å². The minimum atomic E-state index is -0.359. The molecule has 1 aliphatic rings. The van der Waals surface area contributed by atoms with Crippen LogP contribution in [-0.4, -0.2) is 56.9 Å². The molecule has 9 nitrogen and oxygen atoms in total. The minimum absolute atomic E-state index is 0.0204. The van der Waals surface area contributed by atoms with Crippen molar-refractivity contribution >= 4 is 46.1 Å². The number of aryl methyl sites for hydroxylation is 1. The predicted octanol–water partition coefficient (Wildman–Crippen LogP) is 3.63. The van der Waals surface area contributed by atoms with E-state index in [-0.39, 0.29) is 24.2 Å². The maximum atomic E-state index is 12.8. The van der Waals surface area contributed by atoms with Crippen molar-refractivity contribution in [1.29, 1.82) is 0 Å². The molecule has 1 aromatic carbocycles. The van der Waals surface area contributed by atoms with Crippen LogP contribution in [0.1, 0.15) is 38.7 Å². The maximum absolute atomic E-state index is 12.8. The second-order valence-corrected chi connectivity index (χ2v) is 9.83. The summed E-state index contributed by atoms with van der Waals surface area (Å²) in [5.74, 6) is 1.26. The lowest BCUT2D eigenvalue weighted by Crippen LogP contribution is -2.35. The molecule has 1 unspecified atom stereocenters. The highest BCUT2D eigenvalue weighted by molar-refractivity contribution is 7.99. The third-order valence-corrected chi connectivity index (χ3v) is 6.97. The van der Waals surface area contributed by atoms with Gasteiger partial charge in [0.15, 0.2) is 10.8 Å². The normalized spacial score (nSPS) is 15.7. The van der Waals surface area contributed by atoms with E-state index in [9.17, 15) is 9.59 Å². The molecule has 0 bridgehead atoms. The molecule has 0 radical (unpaired) electrons. The largest absolute Gasteiger partial charge is 0.369 e. The number of benzene rings is 1. The molecule has 1 atom stereocenters. The van der Waals surface area contributed by atoms with Gasteiger partial charge in [-0.25, -0.2) is 14.6 Å². The van der Waals surface area contributed by atoms with Gasteiger partial charge in [0.2, 0.25) is 11.8 Å². The van der Waals surface area contributed by atoms with Crippen LogP contribution in [0, 0.1) is 12.8 Å². The number of nitrogens with one attached hydrogen (secondary N) is 2. The van der Waals surface area contributed by atoms with Crippen LogP contribution in [0.25, 0.3) is 11.0 Å². The Morgan fingerprint density at radius 3 is 2.69 bits per heavy atom. The number of anilines is 2. The summed E-state index contributed by atoms with van der Waals surface area (Å²) in [7, 11) is 0. The molecule has 10 heteroatoms. The molecule has 2 aromatic heterocycles. The monoisotopic (exact) mass is 495 g/mol. The van der Waals surface area contributed by atoms with Gasteiger partial charge < -0.3 is 15.5 Å². The summed E-state index contributed by atoms with van der Waals surface area (Å²) >= 11 is 1.63. The van der Waals surface area contributed by atoms with Crippen LogP contribution in [0.3, 0.4) is 0 Å². The molecule has 0 aliphatic carbocycles.